The molecule has 1 atom stereocenters. The Morgan fingerprint density at radius 3 is 3.17 bits per heavy atom. The van der Waals surface area contributed by atoms with Gasteiger partial charge in [-0.2, -0.15) is 0 Å². The molecule has 0 N–H and O–H groups in total. The molecule has 0 spiro atoms. The third-order valence-electron chi connectivity index (χ3n) is 2.37. The Balaban J connectivity index is 2.36. The van der Waals surface area contributed by atoms with Crippen LogP contribution in [0.15, 0.2) is 18.3 Å². The minimum Gasteiger partial charge on any atom is -0.491 e. The maximum atomic E-state index is 5.51. The zero-order valence-electron chi connectivity index (χ0n) is 7.45. The molecule has 2 heterocycles. The first kappa shape index (κ1) is 7.59. The molecule has 2 nitrogen and oxygen atoms in total. The third-order valence-corrected chi connectivity index (χ3v) is 2.37. The Bertz CT molecular complexity index is 283. The molecule has 0 amide bonds. The maximum absolute atomic E-state index is 5.51. The van der Waals surface area contributed by atoms with Crippen LogP contribution in [0.5, 0.6) is 5.75 Å². The molecule has 0 saturated heterocycles. The van der Waals surface area contributed by atoms with Crippen LogP contribution < -0.4 is 4.74 Å². The molecular formula is C10H13NO. The van der Waals surface area contributed by atoms with Gasteiger partial charge in [0.05, 0.1) is 12.3 Å². The Kier molecular flexibility index (Phi) is 1.75. The number of pyridine rings is 1. The fourth-order valence-electron chi connectivity index (χ4n) is 1.57. The van der Waals surface area contributed by atoms with Gasteiger partial charge >= 0.3 is 0 Å². The van der Waals surface area contributed by atoms with Crippen LogP contribution in [-0.2, 0) is 0 Å². The van der Waals surface area contributed by atoms with Crippen LogP contribution in [0.3, 0.4) is 0 Å². The molecule has 1 aromatic rings. The van der Waals surface area contributed by atoms with E-state index in [4.69, 9.17) is 4.74 Å². The molecule has 1 aliphatic heterocycles. The van der Waals surface area contributed by atoms with E-state index in [-0.39, 0.29) is 0 Å². The molecule has 1 aliphatic rings. The van der Waals surface area contributed by atoms with Gasteiger partial charge in [0.2, 0.25) is 0 Å². The zero-order valence-corrected chi connectivity index (χ0v) is 7.45. The summed E-state index contributed by atoms with van der Waals surface area (Å²) in [4.78, 5) is 4.34. The fourth-order valence-corrected chi connectivity index (χ4v) is 1.57. The van der Waals surface area contributed by atoms with Gasteiger partial charge in [0.15, 0.2) is 0 Å². The molecule has 0 saturated carbocycles. The van der Waals surface area contributed by atoms with Crippen molar-refractivity contribution in [1.29, 1.82) is 0 Å². The second-order valence-corrected chi connectivity index (χ2v) is 3.55. The van der Waals surface area contributed by atoms with Crippen molar-refractivity contribution in [3.8, 4) is 5.75 Å². The van der Waals surface area contributed by atoms with Crippen LogP contribution in [-0.4, -0.2) is 11.6 Å². The molecule has 0 bridgehead atoms. The molecule has 2 rings (SSSR count). The van der Waals surface area contributed by atoms with E-state index < -0.39 is 0 Å². The Hall–Kier alpha value is -1.05. The van der Waals surface area contributed by atoms with Crippen LogP contribution in [0, 0.1) is 5.92 Å². The Morgan fingerprint density at radius 1 is 1.58 bits per heavy atom. The van der Waals surface area contributed by atoms with Crippen molar-refractivity contribution in [2.75, 3.05) is 6.61 Å². The van der Waals surface area contributed by atoms with Gasteiger partial charge in [-0.25, -0.2) is 0 Å². The van der Waals surface area contributed by atoms with Gasteiger partial charge in [-0.05, 0) is 18.1 Å². The van der Waals surface area contributed by atoms with Crippen molar-refractivity contribution in [2.24, 2.45) is 5.92 Å². The van der Waals surface area contributed by atoms with E-state index in [1.54, 1.807) is 0 Å². The van der Waals surface area contributed by atoms with Crippen LogP contribution >= 0.6 is 0 Å². The number of ether oxygens (including phenoxy) is 1. The summed E-state index contributed by atoms with van der Waals surface area (Å²) in [7, 11) is 0. The van der Waals surface area contributed by atoms with E-state index in [1.165, 1.54) is 0 Å². The Labute approximate surface area is 72.6 Å². The number of fused-ring (bicyclic) bond motifs is 1. The van der Waals surface area contributed by atoms with Crippen molar-refractivity contribution in [1.82, 2.24) is 4.98 Å². The van der Waals surface area contributed by atoms with E-state index >= 15 is 0 Å². The van der Waals surface area contributed by atoms with Crippen molar-refractivity contribution in [3.63, 3.8) is 0 Å². The largest absolute Gasteiger partial charge is 0.491 e. The normalized spacial score (nSPS) is 20.8. The summed E-state index contributed by atoms with van der Waals surface area (Å²) in [5, 5.41) is 0. The number of hydrogen-bond acceptors (Lipinski definition) is 2. The number of nitrogens with zero attached hydrogens (tertiary/aromatic N) is 1. The predicted molar refractivity (Wildman–Crippen MR) is 47.3 cm³/mol. The second kappa shape index (κ2) is 2.77. The maximum Gasteiger partial charge on any atom is 0.141 e. The average molecular weight is 163 g/mol. The third kappa shape index (κ3) is 1.07. The minimum atomic E-state index is 0.487. The summed E-state index contributed by atoms with van der Waals surface area (Å²) >= 11 is 0. The van der Waals surface area contributed by atoms with Crippen molar-refractivity contribution >= 4 is 0 Å². The lowest BCUT2D eigenvalue weighted by Gasteiger charge is -2.10. The number of hydrogen-bond donors (Lipinski definition) is 0. The summed E-state index contributed by atoms with van der Waals surface area (Å²) < 4.78 is 5.51. The minimum absolute atomic E-state index is 0.487. The van der Waals surface area contributed by atoms with Gasteiger partial charge < -0.3 is 4.74 Å². The molecule has 2 heteroatoms. The van der Waals surface area contributed by atoms with Gasteiger partial charge in [-0.15, -0.1) is 0 Å². The van der Waals surface area contributed by atoms with Crippen molar-refractivity contribution < 1.29 is 4.74 Å². The standard InChI is InChI=1S/C10H13NO/c1-7(2)8-6-12-9-4-3-5-11-10(8)9/h3-5,7-8H,6H2,1-2H3/t8-/m1/s1. The molecular weight excluding hydrogens is 150 g/mol. The molecule has 1 aromatic heterocycles. The molecule has 0 aromatic carbocycles. The predicted octanol–water partition coefficient (Wildman–Crippen LogP) is 2.21. The van der Waals surface area contributed by atoms with Gasteiger partial charge in [-0.3, -0.25) is 4.98 Å². The molecule has 12 heavy (non-hydrogen) atoms. The topological polar surface area (TPSA) is 22.1 Å². The van der Waals surface area contributed by atoms with Gasteiger partial charge in [-0.1, -0.05) is 13.8 Å². The molecule has 0 radical (unpaired) electrons. The van der Waals surface area contributed by atoms with Gasteiger partial charge in [0.1, 0.15) is 5.75 Å². The van der Waals surface area contributed by atoms with Crippen molar-refractivity contribution in [3.05, 3.63) is 24.0 Å². The Morgan fingerprint density at radius 2 is 2.42 bits per heavy atom. The van der Waals surface area contributed by atoms with Gasteiger partial charge in [0.25, 0.3) is 0 Å². The van der Waals surface area contributed by atoms with E-state index in [0.717, 1.165) is 18.1 Å². The molecule has 0 unspecified atom stereocenters. The average Bonchev–Trinajstić information content (AvgIpc) is 2.47. The van der Waals surface area contributed by atoms with Crippen LogP contribution in [0.4, 0.5) is 0 Å². The summed E-state index contributed by atoms with van der Waals surface area (Å²) in [6.45, 7) is 5.21. The molecule has 0 aliphatic carbocycles. The second-order valence-electron chi connectivity index (χ2n) is 3.55. The van der Waals surface area contributed by atoms with Crippen LogP contribution in [0.1, 0.15) is 25.5 Å². The smallest absolute Gasteiger partial charge is 0.141 e. The van der Waals surface area contributed by atoms with E-state index in [0.29, 0.717) is 11.8 Å². The first-order valence-corrected chi connectivity index (χ1v) is 4.36. The van der Waals surface area contributed by atoms with Crippen LogP contribution in [0.2, 0.25) is 0 Å². The van der Waals surface area contributed by atoms with Crippen LogP contribution in [0.25, 0.3) is 0 Å². The monoisotopic (exact) mass is 163 g/mol. The summed E-state index contributed by atoms with van der Waals surface area (Å²) in [5.74, 6) is 2.07. The van der Waals surface area contributed by atoms with E-state index in [1.807, 2.05) is 18.3 Å². The summed E-state index contributed by atoms with van der Waals surface area (Å²) in [5.41, 5.74) is 1.13. The fraction of sp³-hybridized carbons (Fsp3) is 0.500. The highest BCUT2D eigenvalue weighted by Crippen LogP contribution is 2.35. The lowest BCUT2D eigenvalue weighted by molar-refractivity contribution is 0.303. The van der Waals surface area contributed by atoms with E-state index in [9.17, 15) is 0 Å². The number of rotatable bonds is 1. The number of aromatic nitrogens is 1. The van der Waals surface area contributed by atoms with Gasteiger partial charge in [0, 0.05) is 12.1 Å². The lowest BCUT2D eigenvalue weighted by atomic mass is 9.94. The van der Waals surface area contributed by atoms with E-state index in [2.05, 4.69) is 18.8 Å². The molecule has 64 valence electrons. The zero-order chi connectivity index (χ0) is 8.55. The highest BCUT2D eigenvalue weighted by atomic mass is 16.5. The SMILES string of the molecule is CC(C)[C@H]1COc2cccnc21. The summed E-state index contributed by atoms with van der Waals surface area (Å²) in [6.07, 6.45) is 1.84. The lowest BCUT2D eigenvalue weighted by Crippen LogP contribution is -2.08. The summed E-state index contributed by atoms with van der Waals surface area (Å²) in [6, 6.07) is 3.91. The molecule has 0 fully saturated rings. The highest BCUT2D eigenvalue weighted by Gasteiger charge is 2.27. The quantitative estimate of drug-likeness (QED) is 0.633. The first-order chi connectivity index (χ1) is 5.79. The highest BCUT2D eigenvalue weighted by molar-refractivity contribution is 5.33. The first-order valence-electron chi connectivity index (χ1n) is 4.36. The van der Waals surface area contributed by atoms with Crippen molar-refractivity contribution in [2.45, 2.75) is 19.8 Å².